The van der Waals surface area contributed by atoms with Crippen molar-refractivity contribution in [3.8, 4) is 0 Å². The van der Waals surface area contributed by atoms with E-state index in [0.717, 1.165) is 11.1 Å². The molecule has 11 heavy (non-hydrogen) atoms. The van der Waals surface area contributed by atoms with E-state index >= 15 is 0 Å². The SMILES string of the molecule is Fc1cc2c(cc1F)CNC2. The zero-order valence-corrected chi connectivity index (χ0v) is 5.82. The summed E-state index contributed by atoms with van der Waals surface area (Å²) in [7, 11) is 0. The van der Waals surface area contributed by atoms with E-state index in [-0.39, 0.29) is 0 Å². The molecule has 1 heterocycles. The fourth-order valence-corrected chi connectivity index (χ4v) is 1.29. The van der Waals surface area contributed by atoms with Crippen molar-refractivity contribution >= 4 is 0 Å². The maximum atomic E-state index is 12.6. The second kappa shape index (κ2) is 2.27. The van der Waals surface area contributed by atoms with Gasteiger partial charge >= 0.3 is 0 Å². The Hall–Kier alpha value is -0.960. The van der Waals surface area contributed by atoms with Crippen molar-refractivity contribution in [1.82, 2.24) is 5.32 Å². The van der Waals surface area contributed by atoms with Crippen LogP contribution in [-0.2, 0) is 13.1 Å². The van der Waals surface area contributed by atoms with Crippen LogP contribution in [0.3, 0.4) is 0 Å². The maximum Gasteiger partial charge on any atom is 0.159 e. The van der Waals surface area contributed by atoms with Gasteiger partial charge in [-0.05, 0) is 23.3 Å². The molecule has 0 amide bonds. The van der Waals surface area contributed by atoms with Gasteiger partial charge in [0.25, 0.3) is 0 Å². The highest BCUT2D eigenvalue weighted by Crippen LogP contribution is 2.18. The first-order chi connectivity index (χ1) is 5.27. The third-order valence-electron chi connectivity index (χ3n) is 1.87. The number of halogens is 2. The summed E-state index contributed by atoms with van der Waals surface area (Å²) < 4.78 is 25.1. The van der Waals surface area contributed by atoms with E-state index in [9.17, 15) is 8.78 Å². The van der Waals surface area contributed by atoms with Crippen molar-refractivity contribution in [3.05, 3.63) is 34.9 Å². The Kier molecular flexibility index (Phi) is 1.39. The normalized spacial score (nSPS) is 15.1. The molecule has 58 valence electrons. The Morgan fingerprint density at radius 3 is 1.91 bits per heavy atom. The van der Waals surface area contributed by atoms with Crippen LogP contribution in [0.1, 0.15) is 11.1 Å². The lowest BCUT2D eigenvalue weighted by Gasteiger charge is -1.97. The first-order valence-electron chi connectivity index (χ1n) is 3.45. The standard InChI is InChI=1S/C8H7F2N/c9-7-1-5-3-11-4-6(5)2-8(7)10/h1-2,11H,3-4H2. The Balaban J connectivity index is 2.57. The Morgan fingerprint density at radius 2 is 1.45 bits per heavy atom. The van der Waals surface area contributed by atoms with E-state index in [0.29, 0.717) is 13.1 Å². The van der Waals surface area contributed by atoms with Crippen LogP contribution in [0, 0.1) is 11.6 Å². The molecule has 0 fully saturated rings. The van der Waals surface area contributed by atoms with Gasteiger partial charge in [0.1, 0.15) is 0 Å². The Bertz CT molecular complexity index is 267. The largest absolute Gasteiger partial charge is 0.309 e. The summed E-state index contributed by atoms with van der Waals surface area (Å²) in [5.41, 5.74) is 1.73. The van der Waals surface area contributed by atoms with Crippen molar-refractivity contribution in [2.45, 2.75) is 13.1 Å². The molecule has 0 atom stereocenters. The van der Waals surface area contributed by atoms with Gasteiger partial charge in [0.05, 0.1) is 0 Å². The molecule has 0 unspecified atom stereocenters. The average molecular weight is 155 g/mol. The van der Waals surface area contributed by atoms with Crippen LogP contribution in [0.5, 0.6) is 0 Å². The molecule has 0 bridgehead atoms. The number of hydrogen-bond acceptors (Lipinski definition) is 1. The van der Waals surface area contributed by atoms with Crippen molar-refractivity contribution in [3.63, 3.8) is 0 Å². The molecule has 1 nitrogen and oxygen atoms in total. The lowest BCUT2D eigenvalue weighted by molar-refractivity contribution is 0.507. The predicted octanol–water partition coefficient (Wildman–Crippen LogP) is 1.57. The average Bonchev–Trinajstić information content (AvgIpc) is 2.36. The van der Waals surface area contributed by atoms with E-state index in [1.165, 1.54) is 12.1 Å². The zero-order valence-electron chi connectivity index (χ0n) is 5.82. The van der Waals surface area contributed by atoms with Gasteiger partial charge in [-0.25, -0.2) is 8.78 Å². The summed E-state index contributed by atoms with van der Waals surface area (Å²) in [6.07, 6.45) is 0. The maximum absolute atomic E-state index is 12.6. The highest BCUT2D eigenvalue weighted by molar-refractivity contribution is 5.31. The highest BCUT2D eigenvalue weighted by atomic mass is 19.2. The Labute approximate surface area is 63.0 Å². The highest BCUT2D eigenvalue weighted by Gasteiger charge is 2.13. The predicted molar refractivity (Wildman–Crippen MR) is 36.9 cm³/mol. The van der Waals surface area contributed by atoms with Crippen molar-refractivity contribution < 1.29 is 8.78 Å². The third kappa shape index (κ3) is 1.01. The number of nitrogens with one attached hydrogen (secondary N) is 1. The van der Waals surface area contributed by atoms with Crippen LogP contribution in [0.25, 0.3) is 0 Å². The molecule has 2 rings (SSSR count). The van der Waals surface area contributed by atoms with Crippen LogP contribution in [-0.4, -0.2) is 0 Å². The fraction of sp³-hybridized carbons (Fsp3) is 0.250. The van der Waals surface area contributed by atoms with E-state index < -0.39 is 11.6 Å². The van der Waals surface area contributed by atoms with E-state index in [1.807, 2.05) is 0 Å². The van der Waals surface area contributed by atoms with Gasteiger partial charge in [-0.1, -0.05) is 0 Å². The molecule has 1 aromatic rings. The van der Waals surface area contributed by atoms with E-state index in [4.69, 9.17) is 0 Å². The summed E-state index contributed by atoms with van der Waals surface area (Å²) in [5, 5.41) is 3.01. The van der Waals surface area contributed by atoms with Crippen molar-refractivity contribution in [1.29, 1.82) is 0 Å². The van der Waals surface area contributed by atoms with Crippen molar-refractivity contribution in [2.24, 2.45) is 0 Å². The Morgan fingerprint density at radius 1 is 1.00 bits per heavy atom. The topological polar surface area (TPSA) is 12.0 Å². The number of benzene rings is 1. The summed E-state index contributed by atoms with van der Waals surface area (Å²) in [4.78, 5) is 0. The minimum Gasteiger partial charge on any atom is -0.309 e. The summed E-state index contributed by atoms with van der Waals surface area (Å²) >= 11 is 0. The summed E-state index contributed by atoms with van der Waals surface area (Å²) in [6.45, 7) is 1.29. The zero-order chi connectivity index (χ0) is 7.84. The fourth-order valence-electron chi connectivity index (χ4n) is 1.29. The monoisotopic (exact) mass is 155 g/mol. The second-order valence-corrected chi connectivity index (χ2v) is 2.64. The molecular weight excluding hydrogens is 148 g/mol. The number of rotatable bonds is 0. The lowest BCUT2D eigenvalue weighted by atomic mass is 10.1. The first-order valence-corrected chi connectivity index (χ1v) is 3.45. The van der Waals surface area contributed by atoms with Gasteiger partial charge in [-0.3, -0.25) is 0 Å². The van der Waals surface area contributed by atoms with Gasteiger partial charge in [0.15, 0.2) is 11.6 Å². The van der Waals surface area contributed by atoms with Crippen LogP contribution < -0.4 is 5.32 Å². The van der Waals surface area contributed by atoms with Crippen LogP contribution in [0.2, 0.25) is 0 Å². The smallest absolute Gasteiger partial charge is 0.159 e. The molecule has 0 saturated carbocycles. The molecule has 1 aliphatic heterocycles. The summed E-state index contributed by atoms with van der Waals surface area (Å²) in [5.74, 6) is -1.51. The molecule has 0 aromatic heterocycles. The third-order valence-corrected chi connectivity index (χ3v) is 1.87. The van der Waals surface area contributed by atoms with Crippen molar-refractivity contribution in [2.75, 3.05) is 0 Å². The molecule has 0 saturated heterocycles. The molecular formula is C8H7F2N. The van der Waals surface area contributed by atoms with Crippen LogP contribution >= 0.6 is 0 Å². The number of hydrogen-bond donors (Lipinski definition) is 1. The molecule has 1 aliphatic rings. The molecule has 0 spiro atoms. The molecule has 1 aromatic carbocycles. The summed E-state index contributed by atoms with van der Waals surface area (Å²) in [6, 6.07) is 2.51. The quantitative estimate of drug-likeness (QED) is 0.599. The second-order valence-electron chi connectivity index (χ2n) is 2.64. The van der Waals surface area contributed by atoms with Gasteiger partial charge < -0.3 is 5.32 Å². The van der Waals surface area contributed by atoms with Gasteiger partial charge in [-0.2, -0.15) is 0 Å². The minimum absolute atomic E-state index is 0.645. The van der Waals surface area contributed by atoms with Gasteiger partial charge in [0, 0.05) is 13.1 Å². The van der Waals surface area contributed by atoms with Crippen LogP contribution in [0.15, 0.2) is 12.1 Å². The lowest BCUT2D eigenvalue weighted by Crippen LogP contribution is -1.99. The number of fused-ring (bicyclic) bond motifs is 1. The van der Waals surface area contributed by atoms with E-state index in [1.54, 1.807) is 0 Å². The van der Waals surface area contributed by atoms with Gasteiger partial charge in [0.2, 0.25) is 0 Å². The first kappa shape index (κ1) is 6.73. The molecule has 1 N–H and O–H groups in total. The van der Waals surface area contributed by atoms with Crippen LogP contribution in [0.4, 0.5) is 8.78 Å². The van der Waals surface area contributed by atoms with Gasteiger partial charge in [-0.15, -0.1) is 0 Å². The molecule has 3 heteroatoms. The molecule has 0 radical (unpaired) electrons. The minimum atomic E-state index is -0.757. The molecule has 0 aliphatic carbocycles. The van der Waals surface area contributed by atoms with E-state index in [2.05, 4.69) is 5.32 Å².